The van der Waals surface area contributed by atoms with E-state index in [0.29, 0.717) is 12.2 Å². The molecule has 3 rings (SSSR count). The van der Waals surface area contributed by atoms with E-state index < -0.39 is 0 Å². The number of aromatic hydroxyl groups is 2. The molecule has 0 heterocycles. The van der Waals surface area contributed by atoms with Crippen molar-refractivity contribution in [2.45, 2.75) is 32.1 Å². The van der Waals surface area contributed by atoms with Gasteiger partial charge >= 0.3 is 0 Å². The van der Waals surface area contributed by atoms with Gasteiger partial charge in [0.2, 0.25) is 0 Å². The molecule has 0 unspecified atom stereocenters. The van der Waals surface area contributed by atoms with Gasteiger partial charge in [0.15, 0.2) is 0 Å². The minimum absolute atomic E-state index is 0.282. The monoisotopic (exact) mass is 280 g/mol. The van der Waals surface area contributed by atoms with Crippen LogP contribution in [0.1, 0.15) is 42.4 Å². The molecule has 0 atom stereocenters. The third-order valence-electron chi connectivity index (χ3n) is 4.15. The second kappa shape index (κ2) is 6.04. The maximum Gasteiger partial charge on any atom is 0.119 e. The Bertz CT molecular complexity index is 671. The van der Waals surface area contributed by atoms with Gasteiger partial charge in [0.1, 0.15) is 11.5 Å². The van der Waals surface area contributed by atoms with E-state index in [1.165, 1.54) is 18.4 Å². The van der Waals surface area contributed by atoms with Crippen molar-refractivity contribution in [3.05, 3.63) is 65.2 Å². The summed E-state index contributed by atoms with van der Waals surface area (Å²) in [7, 11) is 0. The molecule has 0 aromatic heterocycles. The Kier molecular flexibility index (Phi) is 3.96. The van der Waals surface area contributed by atoms with Gasteiger partial charge in [0, 0.05) is 12.0 Å². The van der Waals surface area contributed by atoms with Crippen molar-refractivity contribution >= 4 is 5.57 Å². The van der Waals surface area contributed by atoms with E-state index in [9.17, 15) is 10.2 Å². The molecule has 0 aliphatic heterocycles. The van der Waals surface area contributed by atoms with Gasteiger partial charge in [-0.3, -0.25) is 0 Å². The Morgan fingerprint density at radius 1 is 0.857 bits per heavy atom. The van der Waals surface area contributed by atoms with Crippen LogP contribution < -0.4 is 0 Å². The molecule has 0 bridgehead atoms. The first-order valence-corrected chi connectivity index (χ1v) is 7.53. The number of hydrogen-bond acceptors (Lipinski definition) is 2. The summed E-state index contributed by atoms with van der Waals surface area (Å²) in [5.74, 6) is 0.589. The van der Waals surface area contributed by atoms with E-state index >= 15 is 0 Å². The topological polar surface area (TPSA) is 40.5 Å². The molecular formula is C19H20O2. The van der Waals surface area contributed by atoms with Gasteiger partial charge in [-0.25, -0.2) is 0 Å². The summed E-state index contributed by atoms with van der Waals surface area (Å²) in [5.41, 5.74) is 4.20. The van der Waals surface area contributed by atoms with Gasteiger partial charge in [-0.15, -0.1) is 0 Å². The zero-order valence-corrected chi connectivity index (χ0v) is 12.0. The smallest absolute Gasteiger partial charge is 0.119 e. The van der Waals surface area contributed by atoms with E-state index in [4.69, 9.17) is 0 Å². The standard InChI is InChI=1S/C19H20O2/c20-18-11-5-4-9-15(18)13-17-16(10-6-12-19(17)21)14-7-2-1-3-8-14/h4-7,9-12,20-21H,1-3,8,13H2. The van der Waals surface area contributed by atoms with Crippen LogP contribution in [0, 0.1) is 0 Å². The fraction of sp³-hybridized carbons (Fsp3) is 0.263. The fourth-order valence-electron chi connectivity index (χ4n) is 2.99. The molecule has 0 saturated heterocycles. The number of allylic oxidation sites excluding steroid dienone is 2. The second-order valence-electron chi connectivity index (χ2n) is 5.58. The molecule has 0 radical (unpaired) electrons. The van der Waals surface area contributed by atoms with Crippen LogP contribution in [0.4, 0.5) is 0 Å². The third-order valence-corrected chi connectivity index (χ3v) is 4.15. The maximum absolute atomic E-state index is 10.3. The Morgan fingerprint density at radius 2 is 1.67 bits per heavy atom. The van der Waals surface area contributed by atoms with Crippen LogP contribution in [-0.4, -0.2) is 10.2 Å². The number of phenolic OH excluding ortho intramolecular Hbond substituents is 2. The largest absolute Gasteiger partial charge is 0.508 e. The molecular weight excluding hydrogens is 260 g/mol. The third kappa shape index (κ3) is 2.94. The lowest BCUT2D eigenvalue weighted by atomic mass is 9.88. The normalized spacial score (nSPS) is 14.8. The highest BCUT2D eigenvalue weighted by Gasteiger charge is 2.15. The summed E-state index contributed by atoms with van der Waals surface area (Å²) < 4.78 is 0. The van der Waals surface area contributed by atoms with Crippen molar-refractivity contribution in [3.63, 3.8) is 0 Å². The van der Waals surface area contributed by atoms with Crippen LogP contribution >= 0.6 is 0 Å². The van der Waals surface area contributed by atoms with Crippen LogP contribution in [0.2, 0.25) is 0 Å². The molecule has 0 fully saturated rings. The van der Waals surface area contributed by atoms with E-state index in [0.717, 1.165) is 29.5 Å². The summed E-state index contributed by atoms with van der Waals surface area (Å²) in [5, 5.41) is 20.2. The van der Waals surface area contributed by atoms with Crippen molar-refractivity contribution in [3.8, 4) is 11.5 Å². The van der Waals surface area contributed by atoms with Gasteiger partial charge in [0.05, 0.1) is 0 Å². The minimum Gasteiger partial charge on any atom is -0.508 e. The molecule has 0 spiro atoms. The van der Waals surface area contributed by atoms with E-state index in [2.05, 4.69) is 12.1 Å². The quantitative estimate of drug-likeness (QED) is 0.859. The predicted octanol–water partition coefficient (Wildman–Crippen LogP) is 4.65. The summed E-state index contributed by atoms with van der Waals surface area (Å²) in [4.78, 5) is 0. The van der Waals surface area contributed by atoms with Gasteiger partial charge in [-0.1, -0.05) is 36.4 Å². The molecule has 2 heteroatoms. The molecule has 1 aliphatic rings. The lowest BCUT2D eigenvalue weighted by Gasteiger charge is -2.18. The SMILES string of the molecule is Oc1ccccc1Cc1c(O)cccc1C1=CCCCC1. The van der Waals surface area contributed by atoms with Gasteiger partial charge < -0.3 is 10.2 Å². The van der Waals surface area contributed by atoms with E-state index in [-0.39, 0.29) is 5.75 Å². The zero-order chi connectivity index (χ0) is 14.7. The lowest BCUT2D eigenvalue weighted by Crippen LogP contribution is -1.99. The van der Waals surface area contributed by atoms with Crippen molar-refractivity contribution in [2.24, 2.45) is 0 Å². The van der Waals surface area contributed by atoms with Crippen LogP contribution in [0.15, 0.2) is 48.5 Å². The second-order valence-corrected chi connectivity index (χ2v) is 5.58. The molecule has 1 aliphatic carbocycles. The highest BCUT2D eigenvalue weighted by Crippen LogP contribution is 2.35. The van der Waals surface area contributed by atoms with Crippen molar-refractivity contribution in [1.29, 1.82) is 0 Å². The van der Waals surface area contributed by atoms with Gasteiger partial charge in [-0.05, 0) is 54.5 Å². The van der Waals surface area contributed by atoms with Crippen LogP contribution in [0.5, 0.6) is 11.5 Å². The molecule has 108 valence electrons. The summed E-state index contributed by atoms with van der Waals surface area (Å²) >= 11 is 0. The molecule has 2 aromatic rings. The van der Waals surface area contributed by atoms with E-state index in [1.54, 1.807) is 12.1 Å². The molecule has 0 amide bonds. The Morgan fingerprint density at radius 3 is 2.43 bits per heavy atom. The summed E-state index contributed by atoms with van der Waals surface area (Å²) in [6.45, 7) is 0. The first kappa shape index (κ1) is 13.7. The fourth-order valence-corrected chi connectivity index (χ4v) is 2.99. The minimum atomic E-state index is 0.282. The predicted molar refractivity (Wildman–Crippen MR) is 85.5 cm³/mol. The van der Waals surface area contributed by atoms with Gasteiger partial charge in [0.25, 0.3) is 0 Å². The molecule has 2 aromatic carbocycles. The summed E-state index contributed by atoms with van der Waals surface area (Å²) in [6.07, 6.45) is 7.46. The lowest BCUT2D eigenvalue weighted by molar-refractivity contribution is 0.462. The number of phenols is 2. The van der Waals surface area contributed by atoms with Crippen molar-refractivity contribution < 1.29 is 10.2 Å². The number of hydrogen-bond donors (Lipinski definition) is 2. The Hall–Kier alpha value is -2.22. The highest BCUT2D eigenvalue weighted by atomic mass is 16.3. The first-order chi connectivity index (χ1) is 10.3. The average molecular weight is 280 g/mol. The molecule has 2 nitrogen and oxygen atoms in total. The Balaban J connectivity index is 2.01. The highest BCUT2D eigenvalue weighted by molar-refractivity contribution is 5.71. The van der Waals surface area contributed by atoms with E-state index in [1.807, 2.05) is 24.3 Å². The van der Waals surface area contributed by atoms with Crippen LogP contribution in [0.3, 0.4) is 0 Å². The zero-order valence-electron chi connectivity index (χ0n) is 12.0. The van der Waals surface area contributed by atoms with Crippen molar-refractivity contribution in [2.75, 3.05) is 0 Å². The summed E-state index contributed by atoms with van der Waals surface area (Å²) in [6, 6.07) is 13.0. The molecule has 0 saturated carbocycles. The van der Waals surface area contributed by atoms with Crippen molar-refractivity contribution in [1.82, 2.24) is 0 Å². The Labute approximate surface area is 125 Å². The number of benzene rings is 2. The number of rotatable bonds is 3. The van der Waals surface area contributed by atoms with Gasteiger partial charge in [-0.2, -0.15) is 0 Å². The van der Waals surface area contributed by atoms with Crippen LogP contribution in [-0.2, 0) is 6.42 Å². The number of para-hydroxylation sites is 1. The average Bonchev–Trinajstić information content (AvgIpc) is 2.52. The first-order valence-electron chi connectivity index (χ1n) is 7.53. The molecule has 21 heavy (non-hydrogen) atoms. The molecule has 2 N–H and O–H groups in total. The maximum atomic E-state index is 10.3. The van der Waals surface area contributed by atoms with Crippen LogP contribution in [0.25, 0.3) is 5.57 Å².